The Bertz CT molecular complexity index is 1070. The number of rotatable bonds is 12. The number of hydrogen-bond acceptors (Lipinski definition) is 4. The average Bonchev–Trinajstić information content (AvgIpc) is 2.80. The quantitative estimate of drug-likeness (QED) is 0.497. The predicted octanol–water partition coefficient (Wildman–Crippen LogP) is 3.45. The fourth-order valence-corrected chi connectivity index (χ4v) is 5.05. The van der Waals surface area contributed by atoms with Gasteiger partial charge in [-0.2, -0.15) is 0 Å². The van der Waals surface area contributed by atoms with Crippen LogP contribution in [0.5, 0.6) is 0 Å². The fourth-order valence-electron chi connectivity index (χ4n) is 4.03. The SMILES string of the molecule is CC[C@H](C(=O)NC)N(CCc1ccccc1)C(=O)CCCN(c1cc(C)ccc1C)S(C)(=O)=O. The molecule has 7 nitrogen and oxygen atoms in total. The molecule has 8 heteroatoms. The van der Waals surface area contributed by atoms with Crippen LogP contribution >= 0.6 is 0 Å². The minimum Gasteiger partial charge on any atom is -0.357 e. The minimum atomic E-state index is -3.52. The molecule has 0 fully saturated rings. The van der Waals surface area contributed by atoms with Gasteiger partial charge in [-0.05, 0) is 55.9 Å². The summed E-state index contributed by atoms with van der Waals surface area (Å²) in [6.45, 7) is 6.29. The molecule has 0 saturated carbocycles. The molecule has 1 atom stereocenters. The maximum Gasteiger partial charge on any atom is 0.242 e. The highest BCUT2D eigenvalue weighted by Gasteiger charge is 2.28. The van der Waals surface area contributed by atoms with Crippen molar-refractivity contribution >= 4 is 27.5 Å². The van der Waals surface area contributed by atoms with E-state index in [-0.39, 0.29) is 24.8 Å². The summed E-state index contributed by atoms with van der Waals surface area (Å²) in [5, 5.41) is 2.66. The number of amides is 2. The van der Waals surface area contributed by atoms with Gasteiger partial charge in [0.15, 0.2) is 0 Å². The largest absolute Gasteiger partial charge is 0.357 e. The molecular formula is C26H37N3O4S. The summed E-state index contributed by atoms with van der Waals surface area (Å²) in [5.41, 5.74) is 3.55. The number of anilines is 1. The first kappa shape index (κ1) is 27.4. The molecule has 2 rings (SSSR count). The molecule has 0 aliphatic rings. The van der Waals surface area contributed by atoms with Gasteiger partial charge in [0.1, 0.15) is 6.04 Å². The van der Waals surface area contributed by atoms with E-state index in [9.17, 15) is 18.0 Å². The van der Waals surface area contributed by atoms with Gasteiger partial charge in [-0.15, -0.1) is 0 Å². The van der Waals surface area contributed by atoms with Crippen molar-refractivity contribution in [3.63, 3.8) is 0 Å². The van der Waals surface area contributed by atoms with E-state index in [1.807, 2.05) is 69.3 Å². The van der Waals surface area contributed by atoms with Crippen LogP contribution in [0, 0.1) is 13.8 Å². The van der Waals surface area contributed by atoms with E-state index in [0.717, 1.165) is 16.7 Å². The Morgan fingerprint density at radius 1 is 1.03 bits per heavy atom. The van der Waals surface area contributed by atoms with Gasteiger partial charge in [-0.25, -0.2) is 8.42 Å². The molecule has 0 heterocycles. The molecule has 0 saturated heterocycles. The smallest absolute Gasteiger partial charge is 0.242 e. The summed E-state index contributed by atoms with van der Waals surface area (Å²) in [5.74, 6) is -0.349. The normalized spacial score (nSPS) is 12.1. The van der Waals surface area contributed by atoms with Crippen LogP contribution in [0.2, 0.25) is 0 Å². The van der Waals surface area contributed by atoms with Crippen molar-refractivity contribution in [1.82, 2.24) is 10.2 Å². The van der Waals surface area contributed by atoms with Gasteiger partial charge in [0, 0.05) is 26.6 Å². The molecule has 186 valence electrons. The molecule has 0 bridgehead atoms. The molecule has 0 spiro atoms. The lowest BCUT2D eigenvalue weighted by atomic mass is 10.1. The maximum absolute atomic E-state index is 13.3. The second kappa shape index (κ2) is 12.6. The van der Waals surface area contributed by atoms with Crippen molar-refractivity contribution in [2.45, 2.75) is 52.5 Å². The third-order valence-electron chi connectivity index (χ3n) is 5.90. The zero-order valence-corrected chi connectivity index (χ0v) is 21.7. The maximum atomic E-state index is 13.3. The van der Waals surface area contributed by atoms with E-state index in [1.54, 1.807) is 11.9 Å². The molecule has 34 heavy (non-hydrogen) atoms. The monoisotopic (exact) mass is 487 g/mol. The average molecular weight is 488 g/mol. The van der Waals surface area contributed by atoms with Crippen LogP contribution in [0.15, 0.2) is 48.5 Å². The Hall–Kier alpha value is -2.87. The lowest BCUT2D eigenvalue weighted by molar-refractivity contribution is -0.140. The molecular weight excluding hydrogens is 450 g/mol. The molecule has 0 radical (unpaired) electrons. The van der Waals surface area contributed by atoms with Gasteiger partial charge in [0.2, 0.25) is 21.8 Å². The molecule has 2 aromatic rings. The molecule has 0 aliphatic heterocycles. The first-order valence-corrected chi connectivity index (χ1v) is 13.5. The molecule has 0 aromatic heterocycles. The van der Waals surface area contributed by atoms with Gasteiger partial charge in [-0.3, -0.25) is 13.9 Å². The van der Waals surface area contributed by atoms with Gasteiger partial charge >= 0.3 is 0 Å². The van der Waals surface area contributed by atoms with E-state index >= 15 is 0 Å². The topological polar surface area (TPSA) is 86.8 Å². The number of benzene rings is 2. The number of nitrogens with zero attached hydrogens (tertiary/aromatic N) is 2. The lowest BCUT2D eigenvalue weighted by Crippen LogP contribution is -2.49. The Morgan fingerprint density at radius 3 is 2.29 bits per heavy atom. The van der Waals surface area contributed by atoms with Crippen molar-refractivity contribution in [1.29, 1.82) is 0 Å². The molecule has 2 aromatic carbocycles. The summed E-state index contributed by atoms with van der Waals surface area (Å²) in [4.78, 5) is 27.4. The molecule has 0 unspecified atom stereocenters. The van der Waals surface area contributed by atoms with E-state index < -0.39 is 16.1 Å². The predicted molar refractivity (Wildman–Crippen MR) is 137 cm³/mol. The van der Waals surface area contributed by atoms with Crippen molar-refractivity contribution < 1.29 is 18.0 Å². The first-order valence-electron chi connectivity index (χ1n) is 11.7. The summed E-state index contributed by atoms with van der Waals surface area (Å²) in [7, 11) is -1.95. The van der Waals surface area contributed by atoms with Crippen LogP contribution in [0.4, 0.5) is 5.69 Å². The van der Waals surface area contributed by atoms with Crippen molar-refractivity contribution in [3.8, 4) is 0 Å². The Labute approximate surface area is 204 Å². The number of sulfonamides is 1. The Kier molecular flexibility index (Phi) is 10.1. The number of carbonyl (C=O) groups excluding carboxylic acids is 2. The zero-order chi connectivity index (χ0) is 25.3. The Morgan fingerprint density at radius 2 is 1.71 bits per heavy atom. The van der Waals surface area contributed by atoms with Crippen LogP contribution in [0.3, 0.4) is 0 Å². The highest BCUT2D eigenvalue weighted by Crippen LogP contribution is 2.24. The highest BCUT2D eigenvalue weighted by molar-refractivity contribution is 7.92. The van der Waals surface area contributed by atoms with Gasteiger partial charge in [-0.1, -0.05) is 49.4 Å². The number of hydrogen-bond donors (Lipinski definition) is 1. The summed E-state index contributed by atoms with van der Waals surface area (Å²) < 4.78 is 26.4. The molecule has 1 N–H and O–H groups in total. The zero-order valence-electron chi connectivity index (χ0n) is 20.9. The second-order valence-electron chi connectivity index (χ2n) is 8.59. The summed E-state index contributed by atoms with van der Waals surface area (Å²) in [6.07, 6.45) is 2.82. The minimum absolute atomic E-state index is 0.152. The molecule has 2 amide bonds. The van der Waals surface area contributed by atoms with Crippen LogP contribution < -0.4 is 9.62 Å². The third-order valence-corrected chi connectivity index (χ3v) is 7.08. The van der Waals surface area contributed by atoms with Crippen molar-refractivity contribution in [2.24, 2.45) is 0 Å². The first-order chi connectivity index (χ1) is 16.1. The van der Waals surface area contributed by atoms with Crippen molar-refractivity contribution in [3.05, 3.63) is 65.2 Å². The van der Waals surface area contributed by atoms with Gasteiger partial charge in [0.25, 0.3) is 0 Å². The standard InChI is InChI=1S/C26H37N3O4S/c1-6-23(26(31)27-4)28(18-16-22-11-8-7-9-12-22)25(30)13-10-17-29(34(5,32)33)24-19-20(2)14-15-21(24)3/h7-9,11-12,14-15,19,23H,6,10,13,16-18H2,1-5H3,(H,27,31)/t23-/m1/s1. The number of aryl methyl sites for hydroxylation is 2. The highest BCUT2D eigenvalue weighted by atomic mass is 32.2. The second-order valence-corrected chi connectivity index (χ2v) is 10.5. The Balaban J connectivity index is 2.16. The van der Waals surface area contributed by atoms with Gasteiger partial charge < -0.3 is 10.2 Å². The number of likely N-dealkylation sites (N-methyl/N-ethyl adjacent to an activating group) is 1. The van der Waals surface area contributed by atoms with E-state index in [4.69, 9.17) is 0 Å². The summed E-state index contributed by atoms with van der Waals surface area (Å²) >= 11 is 0. The van der Waals surface area contributed by atoms with Crippen LogP contribution in [-0.2, 0) is 26.0 Å². The fraction of sp³-hybridized carbons (Fsp3) is 0.462. The van der Waals surface area contributed by atoms with E-state index in [1.165, 1.54) is 10.6 Å². The van der Waals surface area contributed by atoms with Crippen LogP contribution in [-0.4, -0.2) is 57.6 Å². The van der Waals surface area contributed by atoms with Crippen LogP contribution in [0.1, 0.15) is 42.9 Å². The van der Waals surface area contributed by atoms with Gasteiger partial charge in [0.05, 0.1) is 11.9 Å². The lowest BCUT2D eigenvalue weighted by Gasteiger charge is -2.31. The number of nitrogens with one attached hydrogen (secondary N) is 1. The van der Waals surface area contributed by atoms with Crippen LogP contribution in [0.25, 0.3) is 0 Å². The van der Waals surface area contributed by atoms with E-state index in [2.05, 4.69) is 5.32 Å². The van der Waals surface area contributed by atoms with Crippen molar-refractivity contribution in [2.75, 3.05) is 30.7 Å². The summed E-state index contributed by atoms with van der Waals surface area (Å²) in [6, 6.07) is 15.0. The third kappa shape index (κ3) is 7.58. The van der Waals surface area contributed by atoms with E-state index in [0.29, 0.717) is 31.5 Å². The number of carbonyl (C=O) groups is 2. The molecule has 0 aliphatic carbocycles.